The van der Waals surface area contributed by atoms with Crippen molar-refractivity contribution in [1.29, 1.82) is 0 Å². The highest BCUT2D eigenvalue weighted by Crippen LogP contribution is 2.25. The van der Waals surface area contributed by atoms with Crippen LogP contribution in [-0.4, -0.2) is 29.3 Å². The van der Waals surface area contributed by atoms with Crippen molar-refractivity contribution in [1.82, 2.24) is 4.90 Å². The molecule has 0 aliphatic carbocycles. The quantitative estimate of drug-likeness (QED) is 0.666. The minimum atomic E-state index is 0.382. The van der Waals surface area contributed by atoms with E-state index in [4.69, 9.17) is 0 Å². The number of nitrogens with zero attached hydrogens (tertiary/aromatic N) is 1. The lowest BCUT2D eigenvalue weighted by atomic mass is 10.1. The number of hydrogen-bond donors (Lipinski definition) is 0. The normalized spacial score (nSPS) is 29.5. The summed E-state index contributed by atoms with van der Waals surface area (Å²) in [5.74, 6) is 0.382. The van der Waals surface area contributed by atoms with Crippen LogP contribution in [0.3, 0.4) is 0 Å². The molecule has 0 radical (unpaired) electrons. The van der Waals surface area contributed by atoms with Crippen molar-refractivity contribution in [3.8, 4) is 0 Å². The second kappa shape index (κ2) is 4.75. The second-order valence-corrected chi connectivity index (χ2v) is 4.05. The van der Waals surface area contributed by atoms with Gasteiger partial charge in [0.1, 0.15) is 5.78 Å². The lowest BCUT2D eigenvalue weighted by Gasteiger charge is -2.26. The first kappa shape index (κ1) is 10.7. The largest absolute Gasteiger partial charge is 0.298 e. The first-order valence-electron chi connectivity index (χ1n) is 5.46. The van der Waals surface area contributed by atoms with Gasteiger partial charge in [-0.2, -0.15) is 0 Å². The molecule has 0 saturated carbocycles. The predicted molar refractivity (Wildman–Crippen MR) is 54.8 cm³/mol. The molecule has 0 amide bonds. The molecule has 0 bridgehead atoms. The van der Waals surface area contributed by atoms with Crippen molar-refractivity contribution in [3.63, 3.8) is 0 Å². The Morgan fingerprint density at radius 3 is 2.62 bits per heavy atom. The Labute approximate surface area is 81.3 Å². The van der Waals surface area contributed by atoms with Crippen molar-refractivity contribution in [3.05, 3.63) is 0 Å². The van der Waals surface area contributed by atoms with Gasteiger partial charge in [-0.15, -0.1) is 0 Å². The Balaban J connectivity index is 2.49. The second-order valence-electron chi connectivity index (χ2n) is 4.05. The van der Waals surface area contributed by atoms with Crippen LogP contribution in [0.2, 0.25) is 0 Å². The summed E-state index contributed by atoms with van der Waals surface area (Å²) >= 11 is 0. The smallest absolute Gasteiger partial charge is 0.146 e. The van der Waals surface area contributed by atoms with Crippen LogP contribution < -0.4 is 0 Å². The van der Waals surface area contributed by atoms with E-state index >= 15 is 0 Å². The Kier molecular flexibility index (Phi) is 3.91. The maximum atomic E-state index is 11.3. The van der Waals surface area contributed by atoms with Gasteiger partial charge >= 0.3 is 0 Å². The standard InChI is InChI=1S/C11H21NO/c1-4-10-7-6-9(3)12(10)8-11(13)5-2/h9-10H,4-8H2,1-3H3. The molecule has 1 aliphatic heterocycles. The van der Waals surface area contributed by atoms with E-state index in [1.165, 1.54) is 19.3 Å². The summed E-state index contributed by atoms with van der Waals surface area (Å²) in [5, 5.41) is 0. The van der Waals surface area contributed by atoms with Gasteiger partial charge in [0.2, 0.25) is 0 Å². The Bertz CT molecular complexity index is 179. The van der Waals surface area contributed by atoms with Gasteiger partial charge in [-0.25, -0.2) is 0 Å². The van der Waals surface area contributed by atoms with Crippen LogP contribution >= 0.6 is 0 Å². The zero-order chi connectivity index (χ0) is 9.84. The van der Waals surface area contributed by atoms with Crippen molar-refractivity contribution < 1.29 is 4.79 Å². The average molecular weight is 183 g/mol. The summed E-state index contributed by atoms with van der Waals surface area (Å²) < 4.78 is 0. The summed E-state index contributed by atoms with van der Waals surface area (Å²) in [4.78, 5) is 13.7. The van der Waals surface area contributed by atoms with E-state index in [-0.39, 0.29) is 0 Å². The Hall–Kier alpha value is -0.370. The van der Waals surface area contributed by atoms with E-state index in [0.29, 0.717) is 30.8 Å². The molecule has 76 valence electrons. The minimum absolute atomic E-state index is 0.382. The summed E-state index contributed by atoms with van der Waals surface area (Å²) in [5.41, 5.74) is 0. The third kappa shape index (κ3) is 2.53. The molecule has 2 unspecified atom stereocenters. The molecule has 1 aliphatic rings. The molecule has 0 aromatic heterocycles. The Morgan fingerprint density at radius 2 is 2.08 bits per heavy atom. The third-order valence-corrected chi connectivity index (χ3v) is 3.18. The van der Waals surface area contributed by atoms with Crippen LogP contribution in [0.1, 0.15) is 46.5 Å². The van der Waals surface area contributed by atoms with Crippen LogP contribution in [0.4, 0.5) is 0 Å². The fourth-order valence-corrected chi connectivity index (χ4v) is 2.16. The third-order valence-electron chi connectivity index (χ3n) is 3.18. The highest BCUT2D eigenvalue weighted by Gasteiger charge is 2.29. The van der Waals surface area contributed by atoms with Crippen LogP contribution in [0.5, 0.6) is 0 Å². The fraction of sp³-hybridized carbons (Fsp3) is 0.909. The van der Waals surface area contributed by atoms with Gasteiger partial charge < -0.3 is 0 Å². The van der Waals surface area contributed by atoms with E-state index in [0.717, 1.165) is 0 Å². The van der Waals surface area contributed by atoms with Gasteiger partial charge in [0, 0.05) is 18.5 Å². The van der Waals surface area contributed by atoms with Crippen LogP contribution in [0.25, 0.3) is 0 Å². The first-order valence-corrected chi connectivity index (χ1v) is 5.46. The number of Topliss-reactive ketones (excluding diaryl/α,β-unsaturated/α-hetero) is 1. The van der Waals surface area contributed by atoms with E-state index < -0.39 is 0 Å². The van der Waals surface area contributed by atoms with Gasteiger partial charge in [-0.05, 0) is 26.2 Å². The van der Waals surface area contributed by atoms with Gasteiger partial charge in [0.05, 0.1) is 6.54 Å². The van der Waals surface area contributed by atoms with E-state index in [1.807, 2.05) is 6.92 Å². The number of ketones is 1. The maximum absolute atomic E-state index is 11.3. The summed E-state index contributed by atoms with van der Waals surface area (Å²) in [6.07, 6.45) is 4.39. The highest BCUT2D eigenvalue weighted by atomic mass is 16.1. The first-order chi connectivity index (χ1) is 6.19. The monoisotopic (exact) mass is 183 g/mol. The lowest BCUT2D eigenvalue weighted by molar-refractivity contribution is -0.120. The fourth-order valence-electron chi connectivity index (χ4n) is 2.16. The number of hydrogen-bond acceptors (Lipinski definition) is 2. The molecular weight excluding hydrogens is 162 g/mol. The van der Waals surface area contributed by atoms with Crippen molar-refractivity contribution in [2.45, 2.75) is 58.5 Å². The molecular formula is C11H21NO. The molecule has 2 atom stereocenters. The average Bonchev–Trinajstić information content (AvgIpc) is 2.48. The van der Waals surface area contributed by atoms with Crippen LogP contribution in [0, 0.1) is 0 Å². The molecule has 2 nitrogen and oxygen atoms in total. The molecule has 1 saturated heterocycles. The van der Waals surface area contributed by atoms with E-state index in [9.17, 15) is 4.79 Å². The molecule has 1 fully saturated rings. The zero-order valence-corrected chi connectivity index (χ0v) is 9.05. The molecule has 1 rings (SSSR count). The zero-order valence-electron chi connectivity index (χ0n) is 9.05. The summed E-state index contributed by atoms with van der Waals surface area (Å²) in [6.45, 7) is 7.07. The minimum Gasteiger partial charge on any atom is -0.298 e. The number of rotatable bonds is 4. The van der Waals surface area contributed by atoms with Gasteiger partial charge in [0.15, 0.2) is 0 Å². The number of carbonyl (C=O) groups is 1. The van der Waals surface area contributed by atoms with E-state index in [1.54, 1.807) is 0 Å². The van der Waals surface area contributed by atoms with Crippen LogP contribution in [-0.2, 0) is 4.79 Å². The maximum Gasteiger partial charge on any atom is 0.146 e. The number of likely N-dealkylation sites (tertiary alicyclic amines) is 1. The summed E-state index contributed by atoms with van der Waals surface area (Å²) in [7, 11) is 0. The SMILES string of the molecule is CCC(=O)CN1C(C)CCC1CC. The highest BCUT2D eigenvalue weighted by molar-refractivity contribution is 5.80. The molecule has 0 spiro atoms. The predicted octanol–water partition coefficient (Wildman–Crippen LogP) is 2.23. The molecule has 13 heavy (non-hydrogen) atoms. The van der Waals surface area contributed by atoms with Crippen molar-refractivity contribution in [2.24, 2.45) is 0 Å². The van der Waals surface area contributed by atoms with Crippen molar-refractivity contribution in [2.75, 3.05) is 6.54 Å². The molecule has 0 aromatic carbocycles. The molecule has 1 heterocycles. The molecule has 0 aromatic rings. The molecule has 2 heteroatoms. The van der Waals surface area contributed by atoms with Crippen LogP contribution in [0.15, 0.2) is 0 Å². The topological polar surface area (TPSA) is 20.3 Å². The molecule has 0 N–H and O–H groups in total. The van der Waals surface area contributed by atoms with Gasteiger partial charge in [0.25, 0.3) is 0 Å². The Morgan fingerprint density at radius 1 is 1.38 bits per heavy atom. The van der Waals surface area contributed by atoms with E-state index in [2.05, 4.69) is 18.7 Å². The van der Waals surface area contributed by atoms with Crippen molar-refractivity contribution >= 4 is 5.78 Å². The lowest BCUT2D eigenvalue weighted by Crippen LogP contribution is -2.38. The van der Waals surface area contributed by atoms with Gasteiger partial charge in [-0.3, -0.25) is 9.69 Å². The number of carbonyl (C=O) groups excluding carboxylic acids is 1. The van der Waals surface area contributed by atoms with Gasteiger partial charge in [-0.1, -0.05) is 13.8 Å². The summed E-state index contributed by atoms with van der Waals surface area (Å²) in [6, 6.07) is 1.27.